The second-order valence-electron chi connectivity index (χ2n) is 11.7. The zero-order valence-electron chi connectivity index (χ0n) is 31.7. The van der Waals surface area contributed by atoms with Crippen molar-refractivity contribution in [2.75, 3.05) is 39.6 Å². The Labute approximate surface area is 330 Å². The van der Waals surface area contributed by atoms with Gasteiger partial charge in [0.2, 0.25) is 0 Å². The van der Waals surface area contributed by atoms with Crippen molar-refractivity contribution >= 4 is 10.1 Å². The average Bonchev–Trinajstić information content (AvgIpc) is 3.09. The van der Waals surface area contributed by atoms with E-state index in [1.165, 1.54) is 57.1 Å². The molecule has 0 aliphatic carbocycles. The number of rotatable bonds is 27. The van der Waals surface area contributed by atoms with E-state index in [0.29, 0.717) is 25.9 Å². The van der Waals surface area contributed by atoms with Crippen LogP contribution >= 0.6 is 0 Å². The fourth-order valence-corrected chi connectivity index (χ4v) is 5.08. The summed E-state index contributed by atoms with van der Waals surface area (Å²) in [5.74, 6) is 0. The summed E-state index contributed by atoms with van der Waals surface area (Å²) < 4.78 is 34.2. The van der Waals surface area contributed by atoms with Gasteiger partial charge in [0.05, 0.1) is 62.2 Å². The molecule has 0 bridgehead atoms. The molecule has 15 nitrogen and oxygen atoms in total. The summed E-state index contributed by atoms with van der Waals surface area (Å²) in [6.07, 6.45) is 13.3. The number of aliphatic hydroxyl groups is 5. The summed E-state index contributed by atoms with van der Waals surface area (Å²) in [7, 11) is -3.72. The molecule has 1 unspecified atom stereocenters. The summed E-state index contributed by atoms with van der Waals surface area (Å²) in [5.41, 5.74) is 17.0. The van der Waals surface area contributed by atoms with Crippen molar-refractivity contribution in [3.8, 4) is 0 Å². The maximum absolute atomic E-state index is 12.0. The summed E-state index contributed by atoms with van der Waals surface area (Å²) in [6, 6.07) is 5.34. The molecular weight excluding hydrogens is 691 g/mol. The zero-order chi connectivity index (χ0) is 37.2. The maximum Gasteiger partial charge on any atom is 1.00 e. The van der Waals surface area contributed by atoms with Crippen LogP contribution in [0.2, 0.25) is 0 Å². The molecule has 0 aromatic heterocycles. The van der Waals surface area contributed by atoms with Crippen molar-refractivity contribution in [2.45, 2.75) is 147 Å². The van der Waals surface area contributed by atoms with Crippen molar-refractivity contribution < 1.29 is 73.9 Å². The van der Waals surface area contributed by atoms with Crippen molar-refractivity contribution in [2.24, 2.45) is 10.2 Å². The predicted octanol–water partition coefficient (Wildman–Crippen LogP) is 4.00. The molecule has 5 N–H and O–H groups in total. The van der Waals surface area contributed by atoms with Gasteiger partial charge in [0.25, 0.3) is 10.1 Å². The fraction of sp³-hybridized carbons (Fsp3) is 0.824. The van der Waals surface area contributed by atoms with E-state index in [-0.39, 0.29) is 82.4 Å². The summed E-state index contributed by atoms with van der Waals surface area (Å²) in [5, 5.41) is 51.3. The van der Waals surface area contributed by atoms with Gasteiger partial charge in [0.1, 0.15) is 0 Å². The van der Waals surface area contributed by atoms with Crippen LogP contribution in [-0.4, -0.2) is 97.9 Å². The smallest absolute Gasteiger partial charge is 1.00 e. The molecule has 17 heteroatoms. The van der Waals surface area contributed by atoms with Gasteiger partial charge in [-0.1, -0.05) is 113 Å². The Morgan fingerprint density at radius 3 is 1.57 bits per heavy atom. The Kier molecular flexibility index (Phi) is 43.8. The number of ether oxygens (including phenoxy) is 1. The van der Waals surface area contributed by atoms with Gasteiger partial charge in [0.15, 0.2) is 0 Å². The van der Waals surface area contributed by atoms with Gasteiger partial charge in [-0.3, -0.25) is 4.18 Å². The van der Waals surface area contributed by atoms with Crippen LogP contribution in [0.1, 0.15) is 118 Å². The Morgan fingerprint density at radius 2 is 1.16 bits per heavy atom. The van der Waals surface area contributed by atoms with Crippen LogP contribution in [0.3, 0.4) is 0 Å². The van der Waals surface area contributed by atoms with Crippen molar-refractivity contribution in [1.82, 2.24) is 0 Å². The number of unbranched alkanes of at least 4 members (excludes halogenated alkanes) is 8. The number of aryl methyl sites for hydroxylation is 1. The van der Waals surface area contributed by atoms with Crippen molar-refractivity contribution in [1.29, 1.82) is 0 Å². The average molecular weight is 759 g/mol. The summed E-state index contributed by atoms with van der Waals surface area (Å²) in [6.45, 7) is 6.06. The molecule has 0 fully saturated rings. The summed E-state index contributed by atoms with van der Waals surface area (Å²) >= 11 is 0. The first kappa shape index (κ1) is 56.3. The molecule has 0 saturated heterocycles. The van der Waals surface area contributed by atoms with E-state index in [2.05, 4.69) is 33.9 Å². The number of hydrogen-bond acceptors (Lipinski definition) is 11. The number of azide groups is 2. The first-order valence-electron chi connectivity index (χ1n) is 17.4. The fourth-order valence-electron chi connectivity index (χ4n) is 4.16. The first-order chi connectivity index (χ1) is 23.5. The van der Waals surface area contributed by atoms with Crippen LogP contribution in [0, 0.1) is 6.92 Å². The van der Waals surface area contributed by atoms with E-state index in [1.807, 2.05) is 6.92 Å². The zero-order valence-corrected chi connectivity index (χ0v) is 33.5. The van der Waals surface area contributed by atoms with Gasteiger partial charge in [-0.15, -0.1) is 0 Å². The van der Waals surface area contributed by atoms with Gasteiger partial charge in [0, 0.05) is 16.4 Å². The molecule has 0 amide bonds. The quantitative estimate of drug-likeness (QED) is 0.0217. The third-order valence-corrected chi connectivity index (χ3v) is 8.58. The number of hydrogen-bond donors (Lipinski definition) is 5. The molecule has 51 heavy (non-hydrogen) atoms. The molecule has 294 valence electrons. The Bertz CT molecular complexity index is 1110. The van der Waals surface area contributed by atoms with E-state index in [1.54, 1.807) is 12.1 Å². The van der Waals surface area contributed by atoms with E-state index in [4.69, 9.17) is 35.3 Å². The first-order valence-corrected chi connectivity index (χ1v) is 18.8. The third-order valence-electron chi connectivity index (χ3n) is 7.25. The molecule has 0 saturated carbocycles. The molecule has 0 aliphatic heterocycles. The van der Waals surface area contributed by atoms with Crippen molar-refractivity contribution in [3.63, 3.8) is 0 Å². The molecule has 3 atom stereocenters. The van der Waals surface area contributed by atoms with Crippen LogP contribution in [0.25, 0.3) is 20.9 Å². The molecular formula is C34H67N6NaO9S. The van der Waals surface area contributed by atoms with E-state index < -0.39 is 28.3 Å². The van der Waals surface area contributed by atoms with Crippen LogP contribution in [0.5, 0.6) is 0 Å². The minimum absolute atomic E-state index is 0. The van der Waals surface area contributed by atoms with Crippen LogP contribution in [-0.2, 0) is 19.0 Å². The molecule has 0 spiro atoms. The summed E-state index contributed by atoms with van der Waals surface area (Å²) in [4.78, 5) is 5.16. The maximum atomic E-state index is 12.0. The second-order valence-corrected chi connectivity index (χ2v) is 13.3. The minimum Gasteiger partial charge on any atom is -1.00 e. The van der Waals surface area contributed by atoms with Crippen LogP contribution in [0.4, 0.5) is 0 Å². The minimum atomic E-state index is -3.72. The third kappa shape index (κ3) is 35.3. The molecule has 0 heterocycles. The normalized spacial score (nSPS) is 12.3. The molecule has 0 aliphatic rings. The van der Waals surface area contributed by atoms with Gasteiger partial charge in [-0.2, -0.15) is 8.42 Å². The standard InChI is InChI=1S/C17H28O4S.C13H27N3O3.C3H7N3O2.CH4.Na.H/c1-3-4-5-6-7-8-16(18)13-14-21-22(19,20)17-11-9-15(2)10-12-17;1-2-3-4-5-6-7-13(18)8-9-19-11-12(10-17)15-16-14;4-6-5-3(1-7)2-8;;;/h9-12,16,18H,3-8,13-14H2,1-2H3;12-13,17-18H,2-11H2,1H3;3,7-8H,1-2H2;1H4;;/q;;;;+1;-1/t16-;12?,13-;;;;/m11..../s1. The van der Waals surface area contributed by atoms with Crippen LogP contribution in [0.15, 0.2) is 39.4 Å². The monoisotopic (exact) mass is 758 g/mol. The molecule has 0 radical (unpaired) electrons. The molecule has 1 aromatic carbocycles. The molecule has 1 aromatic rings. The Morgan fingerprint density at radius 1 is 0.725 bits per heavy atom. The van der Waals surface area contributed by atoms with Crippen LogP contribution < -0.4 is 29.6 Å². The molecule has 1 rings (SSSR count). The number of aliphatic hydroxyl groups excluding tert-OH is 5. The van der Waals surface area contributed by atoms with E-state index in [0.717, 1.165) is 31.2 Å². The Hall–Kier alpha value is -1.49. The predicted molar refractivity (Wildman–Crippen MR) is 198 cm³/mol. The SMILES string of the molecule is C.CCCCCCC[C@@H](O)CCOCC(CO)N=[N+]=[N-].CCCCCCC[C@@H](O)CCOS(=O)(=O)c1ccc(C)cc1.[H-].[N-]=[N+]=NC(CO)CO.[Na+]. The number of nitrogens with zero attached hydrogens (tertiary/aromatic N) is 6. The van der Waals surface area contributed by atoms with E-state index in [9.17, 15) is 18.6 Å². The Balaban J connectivity index is -0.000000225. The van der Waals surface area contributed by atoms with E-state index >= 15 is 0 Å². The van der Waals surface area contributed by atoms with Gasteiger partial charge < -0.3 is 31.7 Å². The van der Waals surface area contributed by atoms with Gasteiger partial charge in [-0.05, 0) is 55.8 Å². The second kappa shape index (κ2) is 39.7. The number of benzene rings is 1. The topological polar surface area (TPSA) is 251 Å². The van der Waals surface area contributed by atoms with Gasteiger partial charge >= 0.3 is 29.6 Å². The van der Waals surface area contributed by atoms with Crippen molar-refractivity contribution in [3.05, 3.63) is 50.7 Å². The largest absolute Gasteiger partial charge is 1.00 e. The van der Waals surface area contributed by atoms with Gasteiger partial charge in [-0.25, -0.2) is 0 Å².